The molecule has 30 heavy (non-hydrogen) atoms. The third kappa shape index (κ3) is 4.06. The van der Waals surface area contributed by atoms with E-state index in [0.29, 0.717) is 0 Å². The fourth-order valence-electron chi connectivity index (χ4n) is 3.73. The minimum absolute atomic E-state index is 0.134. The maximum Gasteiger partial charge on any atom is 0.411 e. The fourth-order valence-corrected chi connectivity index (χ4v) is 3.73. The van der Waals surface area contributed by atoms with E-state index in [0.717, 1.165) is 16.7 Å². The summed E-state index contributed by atoms with van der Waals surface area (Å²) in [6.07, 6.45) is -1.17. The van der Waals surface area contributed by atoms with Crippen LogP contribution in [0.4, 0.5) is 4.79 Å². The number of nitrogens with zero attached hydrogens (tertiary/aromatic N) is 1. The molecule has 1 saturated heterocycles. The highest BCUT2D eigenvalue weighted by Crippen LogP contribution is 2.42. The fraction of sp³-hybridized carbons (Fsp3) is 0.200. The average molecular weight is 401 g/mol. The van der Waals surface area contributed by atoms with Gasteiger partial charge in [-0.25, -0.2) is 9.59 Å². The van der Waals surface area contributed by atoms with Crippen molar-refractivity contribution in [2.75, 3.05) is 0 Å². The summed E-state index contributed by atoms with van der Waals surface area (Å²) >= 11 is 0. The van der Waals surface area contributed by atoms with Crippen LogP contribution in [0.2, 0.25) is 0 Å². The Morgan fingerprint density at radius 2 is 1.40 bits per heavy atom. The second-order valence-corrected chi connectivity index (χ2v) is 7.25. The zero-order chi connectivity index (χ0) is 20.9. The van der Waals surface area contributed by atoms with Crippen molar-refractivity contribution < 1.29 is 19.1 Å². The first-order valence-electron chi connectivity index (χ1n) is 9.94. The van der Waals surface area contributed by atoms with Crippen LogP contribution in [0.5, 0.6) is 0 Å². The van der Waals surface area contributed by atoms with Crippen LogP contribution in [0, 0.1) is 0 Å². The lowest BCUT2D eigenvalue weighted by Gasteiger charge is -2.43. The van der Waals surface area contributed by atoms with E-state index < -0.39 is 30.3 Å². The number of morpholine rings is 1. The normalized spacial score (nSPS) is 21.0. The molecule has 1 fully saturated rings. The van der Waals surface area contributed by atoms with Crippen molar-refractivity contribution in [3.8, 4) is 0 Å². The minimum atomic E-state index is -0.765. The Balaban J connectivity index is 1.69. The maximum atomic E-state index is 13.2. The standard InChI is InChI=1S/C25H23NO4/c1-18-24(27)30-23(21-15-9-4-10-16-21)22(20-13-7-3-8-14-20)26(18)25(28)29-17-19-11-5-2-6-12-19/h2-16,18,22-23H,17H2,1H3/t18-,22-,23+/m0/s1. The number of benzene rings is 3. The number of esters is 1. The Kier molecular flexibility index (Phi) is 5.80. The molecule has 1 amide bonds. The number of carbonyl (C=O) groups excluding carboxylic acids is 2. The van der Waals surface area contributed by atoms with E-state index in [-0.39, 0.29) is 6.61 Å². The van der Waals surface area contributed by atoms with Crippen molar-refractivity contribution in [2.24, 2.45) is 0 Å². The van der Waals surface area contributed by atoms with E-state index in [4.69, 9.17) is 9.47 Å². The number of rotatable bonds is 4. The van der Waals surface area contributed by atoms with E-state index in [2.05, 4.69) is 0 Å². The third-order valence-electron chi connectivity index (χ3n) is 5.27. The monoisotopic (exact) mass is 401 g/mol. The van der Waals surface area contributed by atoms with Gasteiger partial charge in [0.1, 0.15) is 18.7 Å². The van der Waals surface area contributed by atoms with Gasteiger partial charge in [-0.15, -0.1) is 0 Å². The van der Waals surface area contributed by atoms with E-state index in [9.17, 15) is 9.59 Å². The number of amides is 1. The quantitative estimate of drug-likeness (QED) is 0.574. The summed E-state index contributed by atoms with van der Waals surface area (Å²) < 4.78 is 11.4. The van der Waals surface area contributed by atoms with Crippen LogP contribution in [0.25, 0.3) is 0 Å². The Morgan fingerprint density at radius 3 is 2.00 bits per heavy atom. The Hall–Kier alpha value is -3.60. The van der Waals surface area contributed by atoms with Crippen LogP contribution in [-0.2, 0) is 20.9 Å². The van der Waals surface area contributed by atoms with Crippen molar-refractivity contribution in [1.29, 1.82) is 0 Å². The smallest absolute Gasteiger partial charge is 0.411 e. The van der Waals surface area contributed by atoms with Gasteiger partial charge in [0.2, 0.25) is 0 Å². The molecule has 4 rings (SSSR count). The minimum Gasteiger partial charge on any atom is -0.453 e. The summed E-state index contributed by atoms with van der Waals surface area (Å²) in [5.74, 6) is -0.451. The molecule has 152 valence electrons. The topological polar surface area (TPSA) is 55.8 Å². The van der Waals surface area contributed by atoms with Crippen molar-refractivity contribution >= 4 is 12.1 Å². The number of hydrogen-bond acceptors (Lipinski definition) is 4. The summed E-state index contributed by atoms with van der Waals surface area (Å²) in [5, 5.41) is 0. The molecule has 1 aliphatic heterocycles. The lowest BCUT2D eigenvalue weighted by molar-refractivity contribution is -0.172. The lowest BCUT2D eigenvalue weighted by atomic mass is 9.91. The number of carbonyl (C=O) groups is 2. The Morgan fingerprint density at radius 1 is 0.867 bits per heavy atom. The van der Waals surface area contributed by atoms with Gasteiger partial charge >= 0.3 is 12.1 Å². The van der Waals surface area contributed by atoms with Crippen LogP contribution >= 0.6 is 0 Å². The van der Waals surface area contributed by atoms with E-state index >= 15 is 0 Å². The molecule has 0 radical (unpaired) electrons. The first kappa shape index (κ1) is 19.7. The van der Waals surface area contributed by atoms with Gasteiger partial charge in [-0.3, -0.25) is 4.90 Å². The Labute approximate surface area is 175 Å². The molecule has 5 heteroatoms. The van der Waals surface area contributed by atoms with Gasteiger partial charge < -0.3 is 9.47 Å². The molecule has 3 aromatic carbocycles. The molecular formula is C25H23NO4. The molecule has 0 N–H and O–H groups in total. The summed E-state index contributed by atoms with van der Waals surface area (Å²) in [5.41, 5.74) is 2.59. The highest BCUT2D eigenvalue weighted by molar-refractivity contribution is 5.83. The van der Waals surface area contributed by atoms with E-state index in [1.807, 2.05) is 91.0 Å². The molecule has 0 aromatic heterocycles. The van der Waals surface area contributed by atoms with Crippen LogP contribution < -0.4 is 0 Å². The molecule has 0 spiro atoms. The highest BCUT2D eigenvalue weighted by Gasteiger charge is 2.46. The predicted octanol–water partition coefficient (Wildman–Crippen LogP) is 5.05. The van der Waals surface area contributed by atoms with Gasteiger partial charge in [-0.1, -0.05) is 91.0 Å². The summed E-state index contributed by atoms with van der Waals surface area (Å²) in [7, 11) is 0. The second-order valence-electron chi connectivity index (χ2n) is 7.25. The molecule has 1 aliphatic rings. The molecule has 0 unspecified atom stereocenters. The molecule has 3 atom stereocenters. The molecule has 0 bridgehead atoms. The van der Waals surface area contributed by atoms with Crippen molar-refractivity contribution in [3.05, 3.63) is 108 Å². The van der Waals surface area contributed by atoms with Gasteiger partial charge in [0.25, 0.3) is 0 Å². The van der Waals surface area contributed by atoms with Gasteiger partial charge in [0.15, 0.2) is 6.10 Å². The van der Waals surface area contributed by atoms with Gasteiger partial charge in [-0.05, 0) is 23.6 Å². The van der Waals surface area contributed by atoms with Crippen LogP contribution in [0.1, 0.15) is 35.8 Å². The van der Waals surface area contributed by atoms with Crippen LogP contribution in [0.3, 0.4) is 0 Å². The largest absolute Gasteiger partial charge is 0.453 e. The van der Waals surface area contributed by atoms with Crippen molar-refractivity contribution in [2.45, 2.75) is 31.7 Å². The zero-order valence-corrected chi connectivity index (χ0v) is 16.7. The summed E-state index contributed by atoms with van der Waals surface area (Å²) in [4.78, 5) is 27.4. The van der Waals surface area contributed by atoms with Crippen LogP contribution in [0.15, 0.2) is 91.0 Å². The van der Waals surface area contributed by atoms with Crippen molar-refractivity contribution in [1.82, 2.24) is 4.90 Å². The maximum absolute atomic E-state index is 13.2. The SMILES string of the molecule is C[C@H]1C(=O)O[C@H](c2ccccc2)[C@H](c2ccccc2)N1C(=O)OCc1ccccc1. The third-order valence-corrected chi connectivity index (χ3v) is 5.27. The molecule has 3 aromatic rings. The molecule has 5 nitrogen and oxygen atoms in total. The molecular weight excluding hydrogens is 378 g/mol. The van der Waals surface area contributed by atoms with Crippen LogP contribution in [-0.4, -0.2) is 23.0 Å². The second kappa shape index (κ2) is 8.82. The van der Waals surface area contributed by atoms with Gasteiger partial charge in [0, 0.05) is 0 Å². The number of cyclic esters (lactones) is 1. The highest BCUT2D eigenvalue weighted by atomic mass is 16.6. The number of ether oxygens (including phenoxy) is 2. The lowest BCUT2D eigenvalue weighted by Crippen LogP contribution is -2.53. The number of hydrogen-bond donors (Lipinski definition) is 0. The van der Waals surface area contributed by atoms with E-state index in [1.54, 1.807) is 6.92 Å². The molecule has 0 saturated carbocycles. The average Bonchev–Trinajstić information content (AvgIpc) is 2.80. The first-order chi connectivity index (χ1) is 14.6. The van der Waals surface area contributed by atoms with E-state index in [1.165, 1.54) is 4.90 Å². The van der Waals surface area contributed by atoms with Gasteiger partial charge in [-0.2, -0.15) is 0 Å². The first-order valence-corrected chi connectivity index (χ1v) is 9.94. The Bertz CT molecular complexity index is 991. The molecule has 0 aliphatic carbocycles. The zero-order valence-electron chi connectivity index (χ0n) is 16.7. The van der Waals surface area contributed by atoms with Gasteiger partial charge in [0.05, 0.1) is 0 Å². The summed E-state index contributed by atoms with van der Waals surface area (Å²) in [6, 6.07) is 27.3. The predicted molar refractivity (Wildman–Crippen MR) is 112 cm³/mol. The molecule has 1 heterocycles. The van der Waals surface area contributed by atoms with Crippen molar-refractivity contribution in [3.63, 3.8) is 0 Å². The summed E-state index contributed by atoms with van der Waals surface area (Å²) in [6.45, 7) is 1.80.